The fourth-order valence-electron chi connectivity index (χ4n) is 2.70. The normalized spacial score (nSPS) is 17.6. The maximum Gasteiger partial charge on any atom is 0.0299 e. The Hall–Kier alpha value is -0.380. The third kappa shape index (κ3) is 5.19. The average Bonchev–Trinajstić information content (AvgIpc) is 2.88. The molecular formula is C17H30N2S. The minimum atomic E-state index is 0.289. The number of nitrogens with one attached hydrogen (secondary N) is 1. The van der Waals surface area contributed by atoms with Crippen molar-refractivity contribution in [3.63, 3.8) is 0 Å². The van der Waals surface area contributed by atoms with Gasteiger partial charge in [-0.15, -0.1) is 11.3 Å². The molecule has 3 heteroatoms. The predicted octanol–water partition coefficient (Wildman–Crippen LogP) is 4.01. The van der Waals surface area contributed by atoms with Gasteiger partial charge < -0.3 is 10.2 Å². The molecule has 1 N–H and O–H groups in total. The van der Waals surface area contributed by atoms with Gasteiger partial charge in [0.2, 0.25) is 0 Å². The largest absolute Gasteiger partial charge is 0.312 e. The number of piperidine rings is 1. The van der Waals surface area contributed by atoms with Gasteiger partial charge in [-0.05, 0) is 63.0 Å². The van der Waals surface area contributed by atoms with Crippen molar-refractivity contribution < 1.29 is 0 Å². The van der Waals surface area contributed by atoms with E-state index in [9.17, 15) is 0 Å². The highest BCUT2D eigenvalue weighted by Gasteiger charge is 2.15. The maximum atomic E-state index is 3.59. The number of hydrogen-bond donors (Lipinski definition) is 1. The molecule has 0 spiro atoms. The van der Waals surface area contributed by atoms with Crippen LogP contribution < -0.4 is 5.32 Å². The number of thiophene rings is 1. The van der Waals surface area contributed by atoms with E-state index < -0.39 is 0 Å². The molecule has 0 unspecified atom stereocenters. The molecule has 0 saturated carbocycles. The molecule has 1 aliphatic heterocycles. The number of nitrogens with zero attached hydrogens (tertiary/aromatic N) is 1. The van der Waals surface area contributed by atoms with E-state index >= 15 is 0 Å². The summed E-state index contributed by atoms with van der Waals surface area (Å²) in [7, 11) is 0. The van der Waals surface area contributed by atoms with Gasteiger partial charge in [0.15, 0.2) is 0 Å². The summed E-state index contributed by atoms with van der Waals surface area (Å²) < 4.78 is 0. The summed E-state index contributed by atoms with van der Waals surface area (Å²) in [5.74, 6) is 0. The first kappa shape index (κ1) is 16.0. The van der Waals surface area contributed by atoms with Crippen molar-refractivity contribution in [1.29, 1.82) is 0 Å². The molecule has 20 heavy (non-hydrogen) atoms. The molecule has 0 aromatic carbocycles. The minimum Gasteiger partial charge on any atom is -0.312 e. The molecule has 1 aromatic rings. The molecule has 1 saturated heterocycles. The van der Waals surface area contributed by atoms with E-state index in [0.717, 1.165) is 13.1 Å². The highest BCUT2D eigenvalue weighted by Crippen LogP contribution is 2.29. The molecule has 1 aromatic heterocycles. The van der Waals surface area contributed by atoms with Crippen LogP contribution in [-0.2, 0) is 12.0 Å². The van der Waals surface area contributed by atoms with E-state index in [1.165, 1.54) is 55.1 Å². The fourth-order valence-corrected chi connectivity index (χ4v) is 3.73. The molecule has 2 heterocycles. The van der Waals surface area contributed by atoms with Crippen molar-refractivity contribution in [1.82, 2.24) is 10.2 Å². The first-order valence-electron chi connectivity index (χ1n) is 8.08. The molecular weight excluding hydrogens is 264 g/mol. The van der Waals surface area contributed by atoms with Crippen LogP contribution in [0.1, 0.15) is 56.2 Å². The minimum absolute atomic E-state index is 0.289. The number of likely N-dealkylation sites (tertiary alicyclic amines) is 1. The zero-order chi connectivity index (χ0) is 14.4. The van der Waals surface area contributed by atoms with Crippen LogP contribution in [0.3, 0.4) is 0 Å². The van der Waals surface area contributed by atoms with Crippen LogP contribution in [0.25, 0.3) is 0 Å². The van der Waals surface area contributed by atoms with Crippen molar-refractivity contribution in [2.45, 2.75) is 58.4 Å². The first-order chi connectivity index (χ1) is 9.55. The molecule has 0 radical (unpaired) electrons. The van der Waals surface area contributed by atoms with E-state index in [-0.39, 0.29) is 5.41 Å². The highest BCUT2D eigenvalue weighted by atomic mass is 32.1. The Bertz CT molecular complexity index is 386. The van der Waals surface area contributed by atoms with Crippen molar-refractivity contribution in [2.24, 2.45) is 0 Å². The summed E-state index contributed by atoms with van der Waals surface area (Å²) >= 11 is 1.95. The second-order valence-electron chi connectivity index (χ2n) is 6.95. The van der Waals surface area contributed by atoms with Crippen LogP contribution in [-0.4, -0.2) is 31.1 Å². The van der Waals surface area contributed by atoms with Gasteiger partial charge in [0.05, 0.1) is 0 Å². The lowest BCUT2D eigenvalue weighted by Crippen LogP contribution is -2.32. The molecule has 114 valence electrons. The third-order valence-electron chi connectivity index (χ3n) is 3.98. The Labute approximate surface area is 128 Å². The average molecular weight is 295 g/mol. The molecule has 0 aliphatic carbocycles. The van der Waals surface area contributed by atoms with Gasteiger partial charge in [0.25, 0.3) is 0 Å². The van der Waals surface area contributed by atoms with Crippen LogP contribution in [0, 0.1) is 0 Å². The third-order valence-corrected chi connectivity index (χ3v) is 5.49. The lowest BCUT2D eigenvalue weighted by atomic mass is 9.95. The summed E-state index contributed by atoms with van der Waals surface area (Å²) in [5.41, 5.74) is 0.289. The lowest BCUT2D eigenvalue weighted by Gasteiger charge is -2.26. The van der Waals surface area contributed by atoms with Gasteiger partial charge >= 0.3 is 0 Å². The summed E-state index contributed by atoms with van der Waals surface area (Å²) in [5, 5.41) is 3.59. The van der Waals surface area contributed by atoms with Crippen molar-refractivity contribution >= 4 is 11.3 Å². The van der Waals surface area contributed by atoms with Crippen molar-refractivity contribution in [3.05, 3.63) is 21.9 Å². The summed E-state index contributed by atoms with van der Waals surface area (Å²) in [6.45, 7) is 12.9. The zero-order valence-electron chi connectivity index (χ0n) is 13.4. The topological polar surface area (TPSA) is 15.3 Å². The molecule has 0 atom stereocenters. The van der Waals surface area contributed by atoms with Gasteiger partial charge in [-0.2, -0.15) is 0 Å². The monoisotopic (exact) mass is 294 g/mol. The predicted molar refractivity (Wildman–Crippen MR) is 89.6 cm³/mol. The lowest BCUT2D eigenvalue weighted by molar-refractivity contribution is 0.226. The van der Waals surface area contributed by atoms with Crippen LogP contribution in [0.15, 0.2) is 12.1 Å². The molecule has 2 rings (SSSR count). The van der Waals surface area contributed by atoms with E-state index in [4.69, 9.17) is 0 Å². The van der Waals surface area contributed by atoms with E-state index in [2.05, 4.69) is 43.1 Å². The fraction of sp³-hybridized carbons (Fsp3) is 0.765. The van der Waals surface area contributed by atoms with Crippen molar-refractivity contribution in [2.75, 3.05) is 26.2 Å². The van der Waals surface area contributed by atoms with E-state index in [1.807, 2.05) is 11.3 Å². The number of hydrogen-bond acceptors (Lipinski definition) is 3. The second-order valence-corrected chi connectivity index (χ2v) is 8.12. The van der Waals surface area contributed by atoms with Gasteiger partial charge in [-0.25, -0.2) is 0 Å². The summed E-state index contributed by atoms with van der Waals surface area (Å²) in [6.07, 6.45) is 5.51. The van der Waals surface area contributed by atoms with Gasteiger partial charge in [-0.3, -0.25) is 0 Å². The van der Waals surface area contributed by atoms with Gasteiger partial charge in [0.1, 0.15) is 0 Å². The van der Waals surface area contributed by atoms with Gasteiger partial charge in [0, 0.05) is 16.3 Å². The Morgan fingerprint density at radius 1 is 1.15 bits per heavy atom. The molecule has 1 fully saturated rings. The quantitative estimate of drug-likeness (QED) is 0.797. The van der Waals surface area contributed by atoms with Crippen LogP contribution in [0.4, 0.5) is 0 Å². The smallest absolute Gasteiger partial charge is 0.0299 e. The molecule has 0 amide bonds. The Morgan fingerprint density at radius 2 is 1.90 bits per heavy atom. The molecule has 2 nitrogen and oxygen atoms in total. The number of rotatable bonds is 6. The van der Waals surface area contributed by atoms with E-state index in [0.29, 0.717) is 0 Å². The Kier molecular flexibility index (Phi) is 6.06. The van der Waals surface area contributed by atoms with Crippen LogP contribution >= 0.6 is 11.3 Å². The standard InChI is InChI=1S/C17H30N2S/c1-17(2,3)16-9-8-15(20-16)14-18-10-7-13-19-11-5-4-6-12-19/h8-9,18H,4-7,10-14H2,1-3H3. The van der Waals surface area contributed by atoms with Gasteiger partial charge in [-0.1, -0.05) is 27.2 Å². The van der Waals surface area contributed by atoms with Crippen LogP contribution in [0.2, 0.25) is 0 Å². The Morgan fingerprint density at radius 3 is 2.55 bits per heavy atom. The van der Waals surface area contributed by atoms with Crippen molar-refractivity contribution in [3.8, 4) is 0 Å². The first-order valence-corrected chi connectivity index (χ1v) is 8.89. The van der Waals surface area contributed by atoms with Crippen LogP contribution in [0.5, 0.6) is 0 Å². The Balaban J connectivity index is 1.60. The maximum absolute atomic E-state index is 3.59. The summed E-state index contributed by atoms with van der Waals surface area (Å²) in [4.78, 5) is 5.57. The molecule has 0 bridgehead atoms. The van der Waals surface area contributed by atoms with E-state index in [1.54, 1.807) is 0 Å². The molecule has 1 aliphatic rings. The SMILES string of the molecule is CC(C)(C)c1ccc(CNCCCN2CCCCC2)s1. The second kappa shape index (κ2) is 7.58. The highest BCUT2D eigenvalue weighted by molar-refractivity contribution is 7.12. The zero-order valence-corrected chi connectivity index (χ0v) is 14.2. The summed E-state index contributed by atoms with van der Waals surface area (Å²) in [6, 6.07) is 4.57.